The summed E-state index contributed by atoms with van der Waals surface area (Å²) < 4.78 is 5.35. The minimum Gasteiger partial charge on any atom is -0.481 e. The average Bonchev–Trinajstić information content (AvgIpc) is 2.34. The van der Waals surface area contributed by atoms with Gasteiger partial charge in [-0.1, -0.05) is 19.3 Å². The van der Waals surface area contributed by atoms with E-state index < -0.39 is 17.7 Å². The van der Waals surface area contributed by atoms with E-state index in [0.717, 1.165) is 25.7 Å². The zero-order valence-corrected chi connectivity index (χ0v) is 13.0. The SMILES string of the molecule is CN(C(=O)OC(C)(C)C)[C@H](CC(=O)O)C1CCCCC1. The molecule has 1 aliphatic carbocycles. The molecule has 1 fully saturated rings. The van der Waals surface area contributed by atoms with Crippen molar-refractivity contribution in [1.29, 1.82) is 0 Å². The Bertz CT molecular complexity index is 342. The zero-order valence-electron chi connectivity index (χ0n) is 13.0. The summed E-state index contributed by atoms with van der Waals surface area (Å²) in [5.74, 6) is -0.603. The molecule has 0 aliphatic heterocycles. The lowest BCUT2D eigenvalue weighted by Crippen LogP contribution is -2.46. The van der Waals surface area contributed by atoms with Gasteiger partial charge in [-0.25, -0.2) is 4.79 Å². The van der Waals surface area contributed by atoms with Crippen molar-refractivity contribution in [1.82, 2.24) is 4.90 Å². The van der Waals surface area contributed by atoms with Gasteiger partial charge in [-0.15, -0.1) is 0 Å². The van der Waals surface area contributed by atoms with Crippen molar-refractivity contribution in [2.45, 2.75) is 70.9 Å². The first-order valence-corrected chi connectivity index (χ1v) is 7.38. The van der Waals surface area contributed by atoms with Crippen LogP contribution in [0.2, 0.25) is 0 Å². The van der Waals surface area contributed by atoms with E-state index in [1.54, 1.807) is 7.05 Å². The average molecular weight is 285 g/mol. The van der Waals surface area contributed by atoms with Gasteiger partial charge in [0.2, 0.25) is 0 Å². The largest absolute Gasteiger partial charge is 0.481 e. The molecule has 1 aliphatic rings. The highest BCUT2D eigenvalue weighted by molar-refractivity contribution is 5.71. The topological polar surface area (TPSA) is 66.8 Å². The second-order valence-electron chi connectivity index (χ2n) is 6.65. The smallest absolute Gasteiger partial charge is 0.410 e. The highest BCUT2D eigenvalue weighted by Crippen LogP contribution is 2.30. The summed E-state index contributed by atoms with van der Waals surface area (Å²) in [5, 5.41) is 9.10. The first-order valence-electron chi connectivity index (χ1n) is 7.38. The van der Waals surface area contributed by atoms with Gasteiger partial charge in [-0.3, -0.25) is 4.79 Å². The van der Waals surface area contributed by atoms with Crippen LogP contribution in [0, 0.1) is 5.92 Å². The molecule has 116 valence electrons. The normalized spacial score (nSPS) is 18.4. The van der Waals surface area contributed by atoms with E-state index in [0.29, 0.717) is 0 Å². The summed E-state index contributed by atoms with van der Waals surface area (Å²) in [5.41, 5.74) is -0.564. The van der Waals surface area contributed by atoms with Gasteiger partial charge in [-0.2, -0.15) is 0 Å². The van der Waals surface area contributed by atoms with Gasteiger partial charge in [0.25, 0.3) is 0 Å². The Morgan fingerprint density at radius 3 is 2.25 bits per heavy atom. The lowest BCUT2D eigenvalue weighted by atomic mass is 9.82. The molecular weight excluding hydrogens is 258 g/mol. The Morgan fingerprint density at radius 2 is 1.80 bits per heavy atom. The summed E-state index contributed by atoms with van der Waals surface area (Å²) in [6.07, 6.45) is 4.96. The van der Waals surface area contributed by atoms with Crippen molar-refractivity contribution in [3.63, 3.8) is 0 Å². The van der Waals surface area contributed by atoms with Crippen LogP contribution >= 0.6 is 0 Å². The lowest BCUT2D eigenvalue weighted by Gasteiger charge is -2.36. The van der Waals surface area contributed by atoms with Gasteiger partial charge in [0, 0.05) is 13.1 Å². The van der Waals surface area contributed by atoms with Gasteiger partial charge in [0.15, 0.2) is 0 Å². The fourth-order valence-corrected chi connectivity index (χ4v) is 2.79. The Kier molecular flexibility index (Phi) is 5.84. The molecule has 1 rings (SSSR count). The molecule has 20 heavy (non-hydrogen) atoms. The predicted octanol–water partition coefficient (Wildman–Crippen LogP) is 3.28. The first-order chi connectivity index (χ1) is 9.20. The Balaban J connectivity index is 2.75. The number of carbonyl (C=O) groups excluding carboxylic acids is 1. The van der Waals surface area contributed by atoms with Crippen LogP contribution in [0.5, 0.6) is 0 Å². The quantitative estimate of drug-likeness (QED) is 0.860. The number of aliphatic carboxylic acids is 1. The van der Waals surface area contributed by atoms with Crippen molar-refractivity contribution in [2.24, 2.45) is 5.92 Å². The summed E-state index contributed by atoms with van der Waals surface area (Å²) >= 11 is 0. The van der Waals surface area contributed by atoms with E-state index in [9.17, 15) is 9.59 Å². The minimum absolute atomic E-state index is 0.0135. The summed E-state index contributed by atoms with van der Waals surface area (Å²) in [4.78, 5) is 24.7. The third kappa shape index (κ3) is 5.39. The van der Waals surface area contributed by atoms with E-state index in [1.807, 2.05) is 20.8 Å². The van der Waals surface area contributed by atoms with Crippen molar-refractivity contribution in [3.8, 4) is 0 Å². The summed E-state index contributed by atoms with van der Waals surface area (Å²) in [6.45, 7) is 5.43. The first kappa shape index (κ1) is 16.8. The van der Waals surface area contributed by atoms with Crippen molar-refractivity contribution in [3.05, 3.63) is 0 Å². The van der Waals surface area contributed by atoms with E-state index in [1.165, 1.54) is 11.3 Å². The maximum absolute atomic E-state index is 12.1. The number of nitrogens with zero attached hydrogens (tertiary/aromatic N) is 1. The molecule has 5 heteroatoms. The molecule has 0 unspecified atom stereocenters. The number of amides is 1. The number of ether oxygens (including phenoxy) is 1. The molecule has 0 bridgehead atoms. The molecule has 0 saturated heterocycles. The highest BCUT2D eigenvalue weighted by atomic mass is 16.6. The van der Waals surface area contributed by atoms with Gasteiger partial charge in [0.05, 0.1) is 6.42 Å². The van der Waals surface area contributed by atoms with Crippen molar-refractivity contribution in [2.75, 3.05) is 7.05 Å². The minimum atomic E-state index is -0.865. The van der Waals surface area contributed by atoms with Crippen molar-refractivity contribution >= 4 is 12.1 Å². The molecule has 0 aromatic heterocycles. The Hall–Kier alpha value is -1.26. The molecule has 0 spiro atoms. The molecule has 1 saturated carbocycles. The highest BCUT2D eigenvalue weighted by Gasteiger charge is 2.33. The number of carboxylic acids is 1. The molecule has 0 aromatic rings. The number of hydrogen-bond donors (Lipinski definition) is 1. The van der Waals surface area contributed by atoms with Gasteiger partial charge < -0.3 is 14.7 Å². The Morgan fingerprint density at radius 1 is 1.25 bits per heavy atom. The van der Waals surface area contributed by atoms with Gasteiger partial charge in [0.1, 0.15) is 5.60 Å². The predicted molar refractivity (Wildman–Crippen MR) is 76.6 cm³/mol. The molecule has 0 radical (unpaired) electrons. The maximum atomic E-state index is 12.1. The molecule has 1 amide bonds. The summed E-state index contributed by atoms with van der Waals surface area (Å²) in [7, 11) is 1.65. The number of carbonyl (C=O) groups is 2. The fraction of sp³-hybridized carbons (Fsp3) is 0.867. The summed E-state index contributed by atoms with van der Waals surface area (Å²) in [6, 6.07) is -0.275. The number of carboxylic acid groups (broad SMARTS) is 1. The van der Waals surface area contributed by atoms with E-state index in [4.69, 9.17) is 9.84 Å². The Labute approximate surface area is 121 Å². The molecule has 0 heterocycles. The fourth-order valence-electron chi connectivity index (χ4n) is 2.79. The molecule has 0 aromatic carbocycles. The van der Waals surface area contributed by atoms with Crippen LogP contribution in [0.25, 0.3) is 0 Å². The van der Waals surface area contributed by atoms with Crippen LogP contribution in [-0.4, -0.2) is 40.8 Å². The zero-order chi connectivity index (χ0) is 15.3. The second-order valence-corrected chi connectivity index (χ2v) is 6.65. The molecule has 1 N–H and O–H groups in total. The van der Waals surface area contributed by atoms with Gasteiger partial charge in [-0.05, 0) is 39.5 Å². The van der Waals surface area contributed by atoms with Crippen LogP contribution < -0.4 is 0 Å². The lowest BCUT2D eigenvalue weighted by molar-refractivity contribution is -0.138. The van der Waals surface area contributed by atoms with E-state index >= 15 is 0 Å². The standard InChI is InChI=1S/C15H27NO4/c1-15(2,3)20-14(19)16(4)12(10-13(17)18)11-8-6-5-7-9-11/h11-12H,5-10H2,1-4H3,(H,17,18)/t12-/m1/s1. The van der Waals surface area contributed by atoms with Crippen LogP contribution in [0.4, 0.5) is 4.79 Å². The van der Waals surface area contributed by atoms with E-state index in [-0.39, 0.29) is 18.4 Å². The maximum Gasteiger partial charge on any atom is 0.410 e. The van der Waals surface area contributed by atoms with Crippen LogP contribution in [-0.2, 0) is 9.53 Å². The monoisotopic (exact) mass is 285 g/mol. The molecule has 1 atom stereocenters. The van der Waals surface area contributed by atoms with Crippen LogP contribution in [0.3, 0.4) is 0 Å². The van der Waals surface area contributed by atoms with Gasteiger partial charge >= 0.3 is 12.1 Å². The number of rotatable bonds is 4. The second kappa shape index (κ2) is 6.95. The van der Waals surface area contributed by atoms with E-state index in [2.05, 4.69) is 0 Å². The van der Waals surface area contributed by atoms with Crippen molar-refractivity contribution < 1.29 is 19.4 Å². The molecule has 5 nitrogen and oxygen atoms in total. The molecular formula is C15H27NO4. The third-order valence-electron chi connectivity index (χ3n) is 3.76. The van der Waals surface area contributed by atoms with Crippen LogP contribution in [0.1, 0.15) is 59.3 Å². The third-order valence-corrected chi connectivity index (χ3v) is 3.76. The number of hydrogen-bond acceptors (Lipinski definition) is 3. The van der Waals surface area contributed by atoms with Crippen LogP contribution in [0.15, 0.2) is 0 Å².